The van der Waals surface area contributed by atoms with Crippen molar-refractivity contribution in [2.75, 3.05) is 35.2 Å². The third-order valence-electron chi connectivity index (χ3n) is 7.05. The molecule has 1 heterocycles. The molecule has 0 spiro atoms. The summed E-state index contributed by atoms with van der Waals surface area (Å²) in [4.78, 5) is -1.58. The van der Waals surface area contributed by atoms with E-state index in [-0.39, 0.29) is 42.6 Å². The van der Waals surface area contributed by atoms with Crippen LogP contribution in [0.1, 0.15) is 24.0 Å². The highest BCUT2D eigenvalue weighted by atomic mass is 32.2. The number of aryl methyl sites for hydroxylation is 1. The fourth-order valence-electron chi connectivity index (χ4n) is 4.95. The maximum absolute atomic E-state index is 12.5. The fourth-order valence-corrected chi connectivity index (χ4v) is 7.27. The van der Waals surface area contributed by atoms with Crippen LogP contribution in [0.5, 0.6) is 0 Å². The largest absolute Gasteiger partial charge is 0.385 e. The van der Waals surface area contributed by atoms with Gasteiger partial charge < -0.3 is 10.6 Å². The monoisotopic (exact) mass is 719 g/mol. The van der Waals surface area contributed by atoms with Crippen LogP contribution in [0.15, 0.2) is 56.7 Å². The minimum Gasteiger partial charge on any atom is -0.385 e. The Kier molecular flexibility index (Phi) is 10.0. The molecule has 0 fully saturated rings. The number of benzene rings is 3. The Balaban J connectivity index is 1.94. The first-order valence-corrected chi connectivity index (χ1v) is 19.6. The average Bonchev–Trinajstić information content (AvgIpc) is 2.91. The summed E-state index contributed by atoms with van der Waals surface area (Å²) < 4.78 is 137. The molecule has 0 unspecified atom stereocenters. The molecule has 0 atom stereocenters. The van der Waals surface area contributed by atoms with Gasteiger partial charge in [0, 0.05) is 35.6 Å². The second kappa shape index (κ2) is 13.0. The lowest BCUT2D eigenvalue weighted by atomic mass is 9.93. The molecule has 0 saturated heterocycles. The Morgan fingerprint density at radius 2 is 1.24 bits per heavy atom. The van der Waals surface area contributed by atoms with Gasteiger partial charge in [0.15, 0.2) is 0 Å². The van der Waals surface area contributed by atoms with Crippen molar-refractivity contribution in [2.45, 2.75) is 36.5 Å². The minimum atomic E-state index is -5.06. The zero-order valence-electron chi connectivity index (χ0n) is 24.4. The zero-order chi connectivity index (χ0) is 34.2. The summed E-state index contributed by atoms with van der Waals surface area (Å²) in [7, 11) is -18.3. The Morgan fingerprint density at radius 3 is 1.78 bits per heavy atom. The van der Waals surface area contributed by atoms with Gasteiger partial charge in [-0.25, -0.2) is 4.42 Å². The van der Waals surface area contributed by atoms with Crippen molar-refractivity contribution in [3.63, 3.8) is 0 Å². The van der Waals surface area contributed by atoms with E-state index >= 15 is 0 Å². The van der Waals surface area contributed by atoms with Crippen LogP contribution in [0.3, 0.4) is 0 Å². The Bertz CT molecular complexity index is 2290. The Labute approximate surface area is 265 Å². The maximum Gasteiger partial charge on any atom is 0.363 e. The van der Waals surface area contributed by atoms with Crippen LogP contribution >= 0.6 is 0 Å². The molecular weight excluding hydrogens is 689 g/mol. The summed E-state index contributed by atoms with van der Waals surface area (Å²) in [5, 5.41) is 7.04. The summed E-state index contributed by atoms with van der Waals surface area (Å²) in [6.45, 7) is 3.67. The Hall–Kier alpha value is -3.43. The highest BCUT2D eigenvalue weighted by Crippen LogP contribution is 2.42. The molecule has 0 aliphatic rings. The van der Waals surface area contributed by atoms with Gasteiger partial charge in [0.25, 0.3) is 40.5 Å². The molecule has 15 nitrogen and oxygen atoms in total. The standard InChI is InChI=1S/C27H30N2O13S4/c1-16-11-18-12-21-25(42-24(18)14-22(16)28-7-3-9-43(30,31)32)15-23(29-8-4-10-44(33,34)35)17(2)27(21)20-6-5-19(45(36,37)38)13-26(20)46(39,40)41/h5-6,11-15,28-29H,3-4,7-10H2,1-2H3,(H3-,30,31,32,33,34,35,36,37,38,39,40,41)/p+1. The van der Waals surface area contributed by atoms with Crippen molar-refractivity contribution in [3.8, 4) is 11.1 Å². The molecular formula is C27H31N2O13S4+. The summed E-state index contributed by atoms with van der Waals surface area (Å²) in [6.07, 6.45) is 0.138. The van der Waals surface area contributed by atoms with Crippen molar-refractivity contribution in [3.05, 3.63) is 53.6 Å². The minimum absolute atomic E-state index is 0.00568. The number of hydrogen-bond acceptors (Lipinski definition) is 10. The molecule has 19 heteroatoms. The van der Waals surface area contributed by atoms with Crippen LogP contribution in [0.25, 0.3) is 33.1 Å². The van der Waals surface area contributed by atoms with Crippen LogP contribution in [0.4, 0.5) is 11.4 Å². The van der Waals surface area contributed by atoms with E-state index in [1.54, 1.807) is 38.1 Å². The van der Waals surface area contributed by atoms with E-state index in [0.717, 1.165) is 17.7 Å². The highest BCUT2D eigenvalue weighted by Gasteiger charge is 2.27. The van der Waals surface area contributed by atoms with E-state index in [0.29, 0.717) is 39.4 Å². The van der Waals surface area contributed by atoms with Gasteiger partial charge in [0.05, 0.1) is 39.3 Å². The number of hydrogen-bond donors (Lipinski definition) is 6. The maximum atomic E-state index is 12.5. The van der Waals surface area contributed by atoms with Crippen LogP contribution < -0.4 is 10.6 Å². The predicted molar refractivity (Wildman–Crippen MR) is 172 cm³/mol. The summed E-state index contributed by atoms with van der Waals surface area (Å²) in [6, 6.07) is 9.41. The first-order valence-electron chi connectivity index (χ1n) is 13.5. The first kappa shape index (κ1) is 35.4. The van der Waals surface area contributed by atoms with Crippen molar-refractivity contribution in [2.24, 2.45) is 0 Å². The first-order chi connectivity index (χ1) is 21.1. The lowest BCUT2D eigenvalue weighted by Crippen LogP contribution is -2.11. The van der Waals surface area contributed by atoms with Gasteiger partial charge in [-0.1, -0.05) is 6.07 Å². The molecule has 46 heavy (non-hydrogen) atoms. The number of rotatable bonds is 13. The quantitative estimate of drug-likeness (QED) is 0.0494. The topological polar surface area (TPSA) is 253 Å². The zero-order valence-corrected chi connectivity index (χ0v) is 27.6. The van der Waals surface area contributed by atoms with Crippen LogP contribution in [0.2, 0.25) is 0 Å². The molecule has 250 valence electrons. The SMILES string of the molecule is Cc1cc2cc3c(-c4ccc(S(=O)(=O)O)cc4S(=O)(=O)O)c(C)c(NCCCS(=O)(=O)O)cc3[o+]c2cc1NCCCS(=O)(=O)O. The van der Waals surface area contributed by atoms with Crippen LogP contribution in [0, 0.1) is 13.8 Å². The average molecular weight is 720 g/mol. The van der Waals surface area contributed by atoms with E-state index in [9.17, 15) is 42.8 Å². The summed E-state index contributed by atoms with van der Waals surface area (Å²) in [5.41, 5.74) is 2.76. The van der Waals surface area contributed by atoms with Crippen molar-refractivity contribution >= 4 is 73.8 Å². The van der Waals surface area contributed by atoms with Crippen molar-refractivity contribution in [1.82, 2.24) is 0 Å². The molecule has 0 bridgehead atoms. The number of anilines is 2. The molecule has 0 aliphatic heterocycles. The van der Waals surface area contributed by atoms with E-state index in [2.05, 4.69) is 10.6 Å². The smallest absolute Gasteiger partial charge is 0.363 e. The second-order valence-corrected chi connectivity index (χ2v) is 16.5. The van der Waals surface area contributed by atoms with Crippen molar-refractivity contribution < 1.29 is 56.3 Å². The fraction of sp³-hybridized carbons (Fsp3) is 0.296. The van der Waals surface area contributed by atoms with E-state index in [1.165, 1.54) is 0 Å². The summed E-state index contributed by atoms with van der Waals surface area (Å²) >= 11 is 0. The molecule has 1 aromatic heterocycles. The molecule has 0 aliphatic carbocycles. The van der Waals surface area contributed by atoms with Gasteiger partial charge >= 0.3 is 11.2 Å². The van der Waals surface area contributed by atoms with Gasteiger partial charge in [-0.2, -0.15) is 33.7 Å². The molecule has 0 radical (unpaired) electrons. The normalized spacial score (nSPS) is 12.9. The van der Waals surface area contributed by atoms with Gasteiger partial charge in [-0.15, -0.1) is 0 Å². The predicted octanol–water partition coefficient (Wildman–Crippen LogP) is 4.02. The lowest BCUT2D eigenvalue weighted by Gasteiger charge is -2.16. The third-order valence-corrected chi connectivity index (χ3v) is 10.4. The van der Waals surface area contributed by atoms with Gasteiger partial charge in [-0.3, -0.25) is 18.2 Å². The number of nitrogens with one attached hydrogen (secondary N) is 2. The molecule has 4 rings (SSSR count). The molecule has 3 aromatic carbocycles. The van der Waals surface area contributed by atoms with Gasteiger partial charge in [-0.05, 0) is 62.1 Å². The van der Waals surface area contributed by atoms with Crippen LogP contribution in [-0.4, -0.2) is 76.5 Å². The Morgan fingerprint density at radius 1 is 0.674 bits per heavy atom. The van der Waals surface area contributed by atoms with Crippen molar-refractivity contribution in [1.29, 1.82) is 0 Å². The molecule has 6 N–H and O–H groups in total. The molecule has 0 amide bonds. The van der Waals surface area contributed by atoms with Crippen LogP contribution in [-0.2, 0) is 40.5 Å². The lowest BCUT2D eigenvalue weighted by molar-refractivity contribution is 0.478. The van der Waals surface area contributed by atoms with E-state index < -0.39 is 61.8 Å². The molecule has 0 saturated carbocycles. The van der Waals surface area contributed by atoms with E-state index in [4.69, 9.17) is 13.5 Å². The summed E-state index contributed by atoms with van der Waals surface area (Å²) in [5.74, 6) is -0.960. The van der Waals surface area contributed by atoms with Gasteiger partial charge in [0.2, 0.25) is 0 Å². The highest BCUT2D eigenvalue weighted by molar-refractivity contribution is 7.87. The van der Waals surface area contributed by atoms with E-state index in [1.807, 2.05) is 0 Å². The second-order valence-electron chi connectivity index (χ2n) is 10.5. The number of fused-ring (bicyclic) bond motifs is 2. The van der Waals surface area contributed by atoms with Gasteiger partial charge in [0.1, 0.15) is 4.90 Å². The molecule has 4 aromatic rings. The third kappa shape index (κ3) is 8.68.